The Morgan fingerprint density at radius 1 is 1.19 bits per heavy atom. The number of amides is 1. The van der Waals surface area contributed by atoms with E-state index in [2.05, 4.69) is 15.2 Å². The van der Waals surface area contributed by atoms with Gasteiger partial charge in [0.1, 0.15) is 0 Å². The van der Waals surface area contributed by atoms with Gasteiger partial charge in [-0.05, 0) is 29.3 Å². The van der Waals surface area contributed by atoms with E-state index in [9.17, 15) is 13.6 Å². The third kappa shape index (κ3) is 3.66. The summed E-state index contributed by atoms with van der Waals surface area (Å²) in [5, 5.41) is 7.40. The van der Waals surface area contributed by atoms with E-state index < -0.39 is 11.8 Å². The Morgan fingerprint density at radius 2 is 1.96 bits per heavy atom. The number of H-pyrrole nitrogens is 1. The molecule has 1 aliphatic heterocycles. The quantitative estimate of drug-likeness (QED) is 0.738. The summed E-state index contributed by atoms with van der Waals surface area (Å²) >= 11 is 0. The maximum Gasteiger partial charge on any atom is 0.269 e. The van der Waals surface area contributed by atoms with Crippen LogP contribution in [0, 0.1) is 0 Å². The number of carbonyl (C=O) groups excluding carboxylic acids is 1. The molecule has 27 heavy (non-hydrogen) atoms. The number of benzene rings is 1. The largest absolute Gasteiger partial charge is 0.364 e. The molecule has 3 aromatic rings. The van der Waals surface area contributed by atoms with Gasteiger partial charge in [0.15, 0.2) is 5.69 Å². The lowest BCUT2D eigenvalue weighted by atomic mass is 10.0. The molecule has 0 bridgehead atoms. The summed E-state index contributed by atoms with van der Waals surface area (Å²) in [6.07, 6.45) is 3.28. The number of hydrogen-bond acceptors (Lipinski definition) is 4. The molecule has 1 saturated heterocycles. The average Bonchev–Trinajstić information content (AvgIpc) is 3.07. The van der Waals surface area contributed by atoms with Crippen molar-refractivity contribution in [2.24, 2.45) is 5.73 Å². The second-order valence-electron chi connectivity index (χ2n) is 6.91. The number of nitrogens with two attached hydrogens (primary N) is 1. The zero-order valence-corrected chi connectivity index (χ0v) is 14.6. The molecular weight excluding hydrogens is 352 g/mol. The number of nitrogens with one attached hydrogen (secondary N) is 1. The molecule has 140 valence electrons. The summed E-state index contributed by atoms with van der Waals surface area (Å²) in [6.45, 7) is 1.33. The number of likely N-dealkylation sites (tertiary alicyclic amines) is 1. The van der Waals surface area contributed by atoms with Crippen molar-refractivity contribution in [2.75, 3.05) is 13.1 Å². The van der Waals surface area contributed by atoms with Crippen molar-refractivity contribution in [3.8, 4) is 11.1 Å². The molecule has 3 heterocycles. The summed E-state index contributed by atoms with van der Waals surface area (Å²) in [5.41, 5.74) is 9.02. The van der Waals surface area contributed by atoms with Gasteiger partial charge in [-0.15, -0.1) is 0 Å². The zero-order valence-electron chi connectivity index (χ0n) is 14.6. The highest BCUT2D eigenvalue weighted by Crippen LogP contribution is 2.29. The normalized spacial score (nSPS) is 17.3. The highest BCUT2D eigenvalue weighted by atomic mass is 19.3. The molecule has 8 heteroatoms. The van der Waals surface area contributed by atoms with Gasteiger partial charge in [0, 0.05) is 55.8 Å². The van der Waals surface area contributed by atoms with Crippen molar-refractivity contribution in [1.29, 1.82) is 0 Å². The first-order chi connectivity index (χ1) is 12.9. The number of hydrogen-bond donors (Lipinski definition) is 2. The number of rotatable bonds is 4. The predicted molar refractivity (Wildman–Crippen MR) is 97.3 cm³/mol. The maximum atomic E-state index is 13.3. The number of fused-ring (bicyclic) bond motifs is 1. The minimum absolute atomic E-state index is 0.104. The average molecular weight is 371 g/mol. The predicted octanol–water partition coefficient (Wildman–Crippen LogP) is 2.95. The van der Waals surface area contributed by atoms with Crippen LogP contribution in [0.5, 0.6) is 0 Å². The van der Waals surface area contributed by atoms with E-state index in [1.54, 1.807) is 12.4 Å². The van der Waals surface area contributed by atoms with Crippen molar-refractivity contribution in [3.63, 3.8) is 0 Å². The summed E-state index contributed by atoms with van der Waals surface area (Å²) in [4.78, 5) is 17.8. The van der Waals surface area contributed by atoms with Gasteiger partial charge in [-0.25, -0.2) is 8.78 Å². The van der Waals surface area contributed by atoms with Crippen LogP contribution in [0.25, 0.3) is 22.0 Å². The first-order valence-corrected chi connectivity index (χ1v) is 8.74. The number of primary amides is 1. The van der Waals surface area contributed by atoms with Crippen LogP contribution in [-0.4, -0.2) is 45.0 Å². The molecule has 0 atom stereocenters. The highest BCUT2D eigenvalue weighted by molar-refractivity contribution is 6.04. The summed E-state index contributed by atoms with van der Waals surface area (Å²) in [7, 11) is 0. The molecule has 1 aliphatic rings. The minimum atomic E-state index is -2.55. The number of carbonyl (C=O) groups is 1. The van der Waals surface area contributed by atoms with E-state index in [0.29, 0.717) is 25.0 Å². The van der Waals surface area contributed by atoms with Crippen LogP contribution in [0.4, 0.5) is 8.78 Å². The number of pyridine rings is 1. The van der Waals surface area contributed by atoms with Gasteiger partial charge < -0.3 is 5.73 Å². The Hall–Kier alpha value is -2.87. The molecule has 1 fully saturated rings. The van der Waals surface area contributed by atoms with Crippen molar-refractivity contribution >= 4 is 16.8 Å². The van der Waals surface area contributed by atoms with E-state index in [4.69, 9.17) is 5.73 Å². The fourth-order valence-electron chi connectivity index (χ4n) is 3.41. The minimum Gasteiger partial charge on any atom is -0.364 e. The molecule has 0 aliphatic carbocycles. The third-order valence-corrected chi connectivity index (χ3v) is 4.92. The van der Waals surface area contributed by atoms with Gasteiger partial charge in [-0.2, -0.15) is 5.10 Å². The molecule has 0 radical (unpaired) electrons. The Balaban J connectivity index is 1.58. The molecule has 2 aromatic heterocycles. The van der Waals surface area contributed by atoms with Gasteiger partial charge in [-0.3, -0.25) is 19.8 Å². The Kier molecular flexibility index (Phi) is 4.35. The first kappa shape index (κ1) is 17.5. The molecule has 4 rings (SSSR count). The van der Waals surface area contributed by atoms with E-state index >= 15 is 0 Å². The van der Waals surface area contributed by atoms with Gasteiger partial charge in [-0.1, -0.05) is 6.07 Å². The van der Waals surface area contributed by atoms with Gasteiger partial charge in [0.2, 0.25) is 0 Å². The molecule has 3 N–H and O–H groups in total. The smallest absolute Gasteiger partial charge is 0.269 e. The number of aromatic amines is 1. The standard InChI is InChI=1S/C19H19F2N5O/c20-19(21)3-5-26(6-4-19)11-12-7-14(10-23-9-12)13-1-2-16-15(8-13)17(18(22)27)25-24-16/h1-2,7-10H,3-6,11H2,(H2,22,27)(H,24,25). The van der Waals surface area contributed by atoms with Crippen LogP contribution in [0.2, 0.25) is 0 Å². The fraction of sp³-hybridized carbons (Fsp3) is 0.316. The number of aromatic nitrogens is 3. The zero-order chi connectivity index (χ0) is 19.0. The molecular formula is C19H19F2N5O. The SMILES string of the molecule is NC(=O)c1n[nH]c2ccc(-c3cncc(CN4CCC(F)(F)CC4)c3)cc12. The van der Waals surface area contributed by atoms with Crippen LogP contribution < -0.4 is 5.73 Å². The summed E-state index contributed by atoms with van der Waals surface area (Å²) in [5.74, 6) is -3.14. The lowest BCUT2D eigenvalue weighted by molar-refractivity contribution is -0.0566. The van der Waals surface area contributed by atoms with Gasteiger partial charge in [0.25, 0.3) is 11.8 Å². The molecule has 0 spiro atoms. The molecule has 1 amide bonds. The van der Waals surface area contributed by atoms with Gasteiger partial charge in [0.05, 0.1) is 5.52 Å². The van der Waals surface area contributed by atoms with E-state index in [-0.39, 0.29) is 18.5 Å². The summed E-state index contributed by atoms with van der Waals surface area (Å²) in [6, 6.07) is 7.59. The molecule has 0 saturated carbocycles. The molecule has 1 aromatic carbocycles. The maximum absolute atomic E-state index is 13.3. The lowest BCUT2D eigenvalue weighted by Gasteiger charge is -2.31. The van der Waals surface area contributed by atoms with Crippen LogP contribution in [-0.2, 0) is 6.54 Å². The van der Waals surface area contributed by atoms with Crippen molar-refractivity contribution < 1.29 is 13.6 Å². The van der Waals surface area contributed by atoms with Crippen LogP contribution in [0.15, 0.2) is 36.7 Å². The van der Waals surface area contributed by atoms with Crippen LogP contribution in [0.1, 0.15) is 28.9 Å². The number of nitrogens with zero attached hydrogens (tertiary/aromatic N) is 3. The Bertz CT molecular complexity index is 991. The van der Waals surface area contributed by atoms with Crippen molar-refractivity contribution in [3.05, 3.63) is 47.9 Å². The molecule has 6 nitrogen and oxygen atoms in total. The highest BCUT2D eigenvalue weighted by Gasteiger charge is 2.33. The Labute approximate surface area is 154 Å². The number of halogens is 2. The second kappa shape index (κ2) is 6.70. The van der Waals surface area contributed by atoms with E-state index in [0.717, 1.165) is 22.2 Å². The molecule has 0 unspecified atom stereocenters. The van der Waals surface area contributed by atoms with Crippen molar-refractivity contribution in [1.82, 2.24) is 20.1 Å². The summed E-state index contributed by atoms with van der Waals surface area (Å²) < 4.78 is 26.6. The van der Waals surface area contributed by atoms with E-state index in [1.807, 2.05) is 29.2 Å². The number of alkyl halides is 2. The van der Waals surface area contributed by atoms with Crippen LogP contribution in [0.3, 0.4) is 0 Å². The monoisotopic (exact) mass is 371 g/mol. The van der Waals surface area contributed by atoms with Crippen molar-refractivity contribution in [2.45, 2.75) is 25.3 Å². The second-order valence-corrected chi connectivity index (χ2v) is 6.91. The van der Waals surface area contributed by atoms with Gasteiger partial charge >= 0.3 is 0 Å². The fourth-order valence-corrected chi connectivity index (χ4v) is 3.41. The number of piperidine rings is 1. The first-order valence-electron chi connectivity index (χ1n) is 8.74. The topological polar surface area (TPSA) is 87.9 Å². The van der Waals surface area contributed by atoms with Crippen LogP contribution >= 0.6 is 0 Å². The lowest BCUT2D eigenvalue weighted by Crippen LogP contribution is -2.38. The Morgan fingerprint density at radius 3 is 2.70 bits per heavy atom. The third-order valence-electron chi connectivity index (χ3n) is 4.92. The van der Waals surface area contributed by atoms with E-state index in [1.165, 1.54) is 0 Å².